The van der Waals surface area contributed by atoms with Gasteiger partial charge in [-0.3, -0.25) is 15.2 Å². The number of halogens is 1. The molecule has 116 valence electrons. The summed E-state index contributed by atoms with van der Waals surface area (Å²) < 4.78 is 14.0. The molecule has 0 spiro atoms. The number of nitrogens with one attached hydrogen (secondary N) is 1. The molecule has 0 radical (unpaired) electrons. The molecule has 0 amide bonds. The van der Waals surface area contributed by atoms with Gasteiger partial charge in [-0.2, -0.15) is 0 Å². The predicted octanol–water partition coefficient (Wildman–Crippen LogP) is 2.03. The first-order valence-electron chi connectivity index (χ1n) is 7.60. The summed E-state index contributed by atoms with van der Waals surface area (Å²) in [4.78, 5) is 4.77. The Labute approximate surface area is 126 Å². The molecule has 1 aromatic rings. The summed E-state index contributed by atoms with van der Waals surface area (Å²) in [7, 11) is 0. The van der Waals surface area contributed by atoms with Gasteiger partial charge in [0, 0.05) is 49.9 Å². The maximum Gasteiger partial charge on any atom is 0.128 e. The summed E-state index contributed by atoms with van der Waals surface area (Å²) in [6.07, 6.45) is 1.17. The van der Waals surface area contributed by atoms with Crippen LogP contribution >= 0.6 is 0 Å². The van der Waals surface area contributed by atoms with E-state index in [0.29, 0.717) is 23.7 Å². The lowest BCUT2D eigenvalue weighted by molar-refractivity contribution is 0.0957. The van der Waals surface area contributed by atoms with Crippen molar-refractivity contribution in [2.45, 2.75) is 32.9 Å². The quantitative estimate of drug-likeness (QED) is 0.645. The molecule has 3 N–H and O–H groups in total. The molecule has 2 rings (SSSR count). The molecule has 1 aliphatic heterocycles. The van der Waals surface area contributed by atoms with Crippen molar-refractivity contribution >= 4 is 5.84 Å². The van der Waals surface area contributed by atoms with Crippen LogP contribution in [0, 0.1) is 11.2 Å². The minimum absolute atomic E-state index is 0.0948. The van der Waals surface area contributed by atoms with Gasteiger partial charge in [0.05, 0.1) is 0 Å². The highest BCUT2D eigenvalue weighted by Gasteiger charge is 2.20. The molecular formula is C16H25FN4. The Bertz CT molecular complexity index is 495. The van der Waals surface area contributed by atoms with E-state index in [2.05, 4.69) is 23.6 Å². The van der Waals surface area contributed by atoms with Crippen LogP contribution in [-0.4, -0.2) is 47.9 Å². The molecular weight excluding hydrogens is 267 g/mol. The van der Waals surface area contributed by atoms with E-state index in [1.54, 1.807) is 12.1 Å². The molecule has 1 aliphatic rings. The second-order valence-corrected chi connectivity index (χ2v) is 5.79. The van der Waals surface area contributed by atoms with Gasteiger partial charge in [-0.15, -0.1) is 0 Å². The van der Waals surface area contributed by atoms with Crippen molar-refractivity contribution in [2.24, 2.45) is 5.73 Å². The third kappa shape index (κ3) is 4.02. The Kier molecular flexibility index (Phi) is 5.31. The third-order valence-corrected chi connectivity index (χ3v) is 4.38. The lowest BCUT2D eigenvalue weighted by Gasteiger charge is -2.37. The number of hydrogen-bond donors (Lipinski definition) is 2. The van der Waals surface area contributed by atoms with Crippen molar-refractivity contribution in [3.63, 3.8) is 0 Å². The molecule has 4 nitrogen and oxygen atoms in total. The number of piperazine rings is 1. The van der Waals surface area contributed by atoms with Crippen molar-refractivity contribution in [3.05, 3.63) is 35.1 Å². The Balaban J connectivity index is 1.93. The molecule has 0 bridgehead atoms. The van der Waals surface area contributed by atoms with Crippen molar-refractivity contribution in [2.75, 3.05) is 26.2 Å². The summed E-state index contributed by atoms with van der Waals surface area (Å²) in [5.74, 6) is -0.366. The molecule has 0 aromatic heterocycles. The van der Waals surface area contributed by atoms with Gasteiger partial charge in [-0.1, -0.05) is 19.1 Å². The highest BCUT2D eigenvalue weighted by molar-refractivity contribution is 5.94. The molecule has 5 heteroatoms. The molecule has 1 fully saturated rings. The first-order valence-corrected chi connectivity index (χ1v) is 7.60. The van der Waals surface area contributed by atoms with E-state index in [-0.39, 0.29) is 11.7 Å². The fourth-order valence-electron chi connectivity index (χ4n) is 2.70. The highest BCUT2D eigenvalue weighted by atomic mass is 19.1. The third-order valence-electron chi connectivity index (χ3n) is 4.38. The van der Waals surface area contributed by atoms with Crippen LogP contribution in [0.1, 0.15) is 31.4 Å². The fraction of sp³-hybridized carbons (Fsp3) is 0.562. The standard InChI is InChI=1S/C16H25FN4/c1-3-12(2)21-8-6-20(7-9-21)11-14-5-4-13(16(18)19)10-15(14)17/h4-5,10,12H,3,6-9,11H2,1-2H3,(H3,18,19). The van der Waals surface area contributed by atoms with E-state index in [4.69, 9.17) is 11.1 Å². The van der Waals surface area contributed by atoms with Crippen molar-refractivity contribution < 1.29 is 4.39 Å². The number of hydrogen-bond acceptors (Lipinski definition) is 3. The average molecular weight is 292 g/mol. The molecule has 0 saturated carbocycles. The van der Waals surface area contributed by atoms with E-state index in [1.165, 1.54) is 12.5 Å². The Hall–Kier alpha value is -1.46. The number of nitrogen functional groups attached to an aromatic ring is 1. The van der Waals surface area contributed by atoms with E-state index in [0.717, 1.165) is 26.2 Å². The normalized spacial score (nSPS) is 18.6. The summed E-state index contributed by atoms with van der Waals surface area (Å²) in [6, 6.07) is 5.44. The van der Waals surface area contributed by atoms with Crippen LogP contribution in [0.15, 0.2) is 18.2 Å². The highest BCUT2D eigenvalue weighted by Crippen LogP contribution is 2.15. The zero-order chi connectivity index (χ0) is 15.4. The topological polar surface area (TPSA) is 56.4 Å². The number of nitrogens with two attached hydrogens (primary N) is 1. The first kappa shape index (κ1) is 15.9. The van der Waals surface area contributed by atoms with Crippen molar-refractivity contribution in [3.8, 4) is 0 Å². The Morgan fingerprint density at radius 1 is 1.33 bits per heavy atom. The molecule has 1 heterocycles. The van der Waals surface area contributed by atoms with Gasteiger partial charge in [0.15, 0.2) is 0 Å². The monoisotopic (exact) mass is 292 g/mol. The van der Waals surface area contributed by atoms with Crippen LogP contribution < -0.4 is 5.73 Å². The van der Waals surface area contributed by atoms with Gasteiger partial charge in [-0.05, 0) is 19.4 Å². The Morgan fingerprint density at radius 3 is 2.52 bits per heavy atom. The smallest absolute Gasteiger partial charge is 0.128 e. The van der Waals surface area contributed by atoms with Gasteiger partial charge < -0.3 is 5.73 Å². The van der Waals surface area contributed by atoms with Gasteiger partial charge in [0.25, 0.3) is 0 Å². The molecule has 1 saturated heterocycles. The molecule has 21 heavy (non-hydrogen) atoms. The van der Waals surface area contributed by atoms with Crippen LogP contribution in [0.2, 0.25) is 0 Å². The van der Waals surface area contributed by atoms with Crippen LogP contribution in [0.4, 0.5) is 4.39 Å². The van der Waals surface area contributed by atoms with Gasteiger partial charge >= 0.3 is 0 Å². The predicted molar refractivity (Wildman–Crippen MR) is 84.0 cm³/mol. The van der Waals surface area contributed by atoms with Crippen LogP contribution in [0.3, 0.4) is 0 Å². The van der Waals surface area contributed by atoms with Gasteiger partial charge in [-0.25, -0.2) is 4.39 Å². The van der Waals surface area contributed by atoms with Crippen LogP contribution in [0.25, 0.3) is 0 Å². The van der Waals surface area contributed by atoms with Crippen molar-refractivity contribution in [1.29, 1.82) is 5.41 Å². The maximum atomic E-state index is 14.0. The number of amidine groups is 1. The minimum atomic E-state index is -0.271. The minimum Gasteiger partial charge on any atom is -0.384 e. The summed E-state index contributed by atoms with van der Waals surface area (Å²) in [5, 5.41) is 7.33. The lowest BCUT2D eigenvalue weighted by Crippen LogP contribution is -2.49. The van der Waals surface area contributed by atoms with Crippen LogP contribution in [0.5, 0.6) is 0 Å². The fourth-order valence-corrected chi connectivity index (χ4v) is 2.70. The first-order chi connectivity index (χ1) is 10.0. The van der Waals surface area contributed by atoms with Gasteiger partial charge in [0.1, 0.15) is 11.7 Å². The number of benzene rings is 1. The second-order valence-electron chi connectivity index (χ2n) is 5.79. The largest absolute Gasteiger partial charge is 0.384 e. The van der Waals surface area contributed by atoms with E-state index in [1.807, 2.05) is 0 Å². The maximum absolute atomic E-state index is 14.0. The summed E-state index contributed by atoms with van der Waals surface area (Å²) in [5.41, 5.74) is 6.49. The zero-order valence-electron chi connectivity index (χ0n) is 12.9. The number of nitrogens with zero attached hydrogens (tertiary/aromatic N) is 2. The molecule has 0 aliphatic carbocycles. The van der Waals surface area contributed by atoms with Gasteiger partial charge in [0.2, 0.25) is 0 Å². The van der Waals surface area contributed by atoms with Crippen LogP contribution in [-0.2, 0) is 6.54 Å². The zero-order valence-corrected chi connectivity index (χ0v) is 12.9. The lowest BCUT2D eigenvalue weighted by atomic mass is 10.1. The Morgan fingerprint density at radius 2 is 2.00 bits per heavy atom. The summed E-state index contributed by atoms with van der Waals surface area (Å²) >= 11 is 0. The van der Waals surface area contributed by atoms with E-state index in [9.17, 15) is 4.39 Å². The van der Waals surface area contributed by atoms with E-state index >= 15 is 0 Å². The van der Waals surface area contributed by atoms with E-state index < -0.39 is 0 Å². The molecule has 1 unspecified atom stereocenters. The average Bonchev–Trinajstić information content (AvgIpc) is 2.49. The molecule has 1 aromatic carbocycles. The molecule has 1 atom stereocenters. The second kappa shape index (κ2) is 7.00. The van der Waals surface area contributed by atoms with Crippen molar-refractivity contribution in [1.82, 2.24) is 9.80 Å². The summed E-state index contributed by atoms with van der Waals surface area (Å²) in [6.45, 7) is 9.12. The number of rotatable bonds is 5. The SMILES string of the molecule is CCC(C)N1CCN(Cc2ccc(C(=N)N)cc2F)CC1.